The SMILES string of the molecule is CC(=O)OCCCCCCCCCC1COCO1. The van der Waals surface area contributed by atoms with Crippen molar-refractivity contribution in [3.05, 3.63) is 0 Å². The normalized spacial score (nSPS) is 19.1. The lowest BCUT2D eigenvalue weighted by Crippen LogP contribution is -2.08. The molecule has 1 aliphatic rings. The summed E-state index contributed by atoms with van der Waals surface area (Å²) in [6, 6.07) is 0. The van der Waals surface area contributed by atoms with Gasteiger partial charge < -0.3 is 14.2 Å². The van der Waals surface area contributed by atoms with E-state index < -0.39 is 0 Å². The molecule has 1 heterocycles. The Morgan fingerprint density at radius 3 is 2.39 bits per heavy atom. The fourth-order valence-corrected chi connectivity index (χ4v) is 2.11. The first kappa shape index (κ1) is 15.4. The summed E-state index contributed by atoms with van der Waals surface area (Å²) in [4.78, 5) is 10.5. The van der Waals surface area contributed by atoms with Crippen molar-refractivity contribution < 1.29 is 19.0 Å². The number of ether oxygens (including phenoxy) is 3. The Bertz CT molecular complexity index is 212. The lowest BCUT2D eigenvalue weighted by Gasteiger charge is -2.06. The third kappa shape index (κ3) is 8.48. The summed E-state index contributed by atoms with van der Waals surface area (Å²) >= 11 is 0. The van der Waals surface area contributed by atoms with Gasteiger partial charge in [-0.15, -0.1) is 0 Å². The molecule has 0 N–H and O–H groups in total. The van der Waals surface area contributed by atoms with Crippen molar-refractivity contribution in [1.29, 1.82) is 0 Å². The molecule has 1 unspecified atom stereocenters. The fraction of sp³-hybridized carbons (Fsp3) is 0.929. The lowest BCUT2D eigenvalue weighted by molar-refractivity contribution is -0.141. The summed E-state index contributed by atoms with van der Waals surface area (Å²) in [6.07, 6.45) is 9.96. The molecule has 0 bridgehead atoms. The second kappa shape index (κ2) is 10.3. The number of esters is 1. The van der Waals surface area contributed by atoms with Gasteiger partial charge in [-0.2, -0.15) is 0 Å². The fourth-order valence-electron chi connectivity index (χ4n) is 2.11. The molecule has 0 saturated carbocycles. The highest BCUT2D eigenvalue weighted by atomic mass is 16.7. The van der Waals surface area contributed by atoms with Gasteiger partial charge in [-0.25, -0.2) is 0 Å². The first-order chi connectivity index (χ1) is 8.79. The summed E-state index contributed by atoms with van der Waals surface area (Å²) in [7, 11) is 0. The Labute approximate surface area is 110 Å². The first-order valence-electron chi connectivity index (χ1n) is 7.12. The number of carbonyl (C=O) groups is 1. The van der Waals surface area contributed by atoms with Gasteiger partial charge in [-0.3, -0.25) is 4.79 Å². The van der Waals surface area contributed by atoms with Gasteiger partial charge in [0, 0.05) is 6.92 Å². The highest BCUT2D eigenvalue weighted by Crippen LogP contribution is 2.14. The minimum absolute atomic E-state index is 0.173. The minimum Gasteiger partial charge on any atom is -0.466 e. The van der Waals surface area contributed by atoms with Crippen LogP contribution in [0.3, 0.4) is 0 Å². The van der Waals surface area contributed by atoms with Crippen molar-refractivity contribution in [3.63, 3.8) is 0 Å². The van der Waals surface area contributed by atoms with Crippen LogP contribution in [0.1, 0.15) is 58.3 Å². The predicted molar refractivity (Wildman–Crippen MR) is 69.3 cm³/mol. The van der Waals surface area contributed by atoms with Gasteiger partial charge in [0.1, 0.15) is 6.79 Å². The van der Waals surface area contributed by atoms with Crippen LogP contribution >= 0.6 is 0 Å². The maximum Gasteiger partial charge on any atom is 0.302 e. The molecule has 0 aromatic heterocycles. The van der Waals surface area contributed by atoms with E-state index in [1.807, 2.05) is 0 Å². The molecular formula is C14H26O4. The molecule has 106 valence electrons. The second-order valence-electron chi connectivity index (χ2n) is 4.88. The van der Waals surface area contributed by atoms with Gasteiger partial charge in [0.05, 0.1) is 19.3 Å². The lowest BCUT2D eigenvalue weighted by atomic mass is 10.1. The van der Waals surface area contributed by atoms with Crippen LogP contribution in [0.2, 0.25) is 0 Å². The van der Waals surface area contributed by atoms with Gasteiger partial charge in [-0.05, 0) is 12.8 Å². The van der Waals surface area contributed by atoms with Crippen molar-refractivity contribution in [3.8, 4) is 0 Å². The smallest absolute Gasteiger partial charge is 0.302 e. The standard InChI is InChI=1S/C14H26O4/c1-13(15)17-10-8-6-4-2-3-5-7-9-14-11-16-12-18-14/h14H,2-12H2,1H3. The summed E-state index contributed by atoms with van der Waals surface area (Å²) < 4.78 is 15.4. The highest BCUT2D eigenvalue weighted by molar-refractivity contribution is 5.65. The number of carbonyl (C=O) groups excluding carboxylic acids is 1. The van der Waals surface area contributed by atoms with E-state index in [9.17, 15) is 4.79 Å². The van der Waals surface area contributed by atoms with Crippen LogP contribution in [-0.4, -0.2) is 32.1 Å². The van der Waals surface area contributed by atoms with E-state index >= 15 is 0 Å². The van der Waals surface area contributed by atoms with E-state index in [1.165, 1.54) is 39.0 Å². The Morgan fingerprint density at radius 1 is 1.11 bits per heavy atom. The summed E-state index contributed by atoms with van der Waals surface area (Å²) in [6.45, 7) is 3.29. The predicted octanol–water partition coefficient (Wildman–Crippen LogP) is 3.04. The molecule has 0 aliphatic carbocycles. The molecular weight excluding hydrogens is 232 g/mol. The number of hydrogen-bond acceptors (Lipinski definition) is 4. The number of hydrogen-bond donors (Lipinski definition) is 0. The molecule has 1 aliphatic heterocycles. The van der Waals surface area contributed by atoms with Crippen molar-refractivity contribution >= 4 is 5.97 Å². The summed E-state index contributed by atoms with van der Waals surface area (Å²) in [5.74, 6) is -0.173. The van der Waals surface area contributed by atoms with Crippen LogP contribution in [0, 0.1) is 0 Å². The zero-order valence-corrected chi connectivity index (χ0v) is 11.5. The monoisotopic (exact) mass is 258 g/mol. The first-order valence-corrected chi connectivity index (χ1v) is 7.12. The molecule has 1 fully saturated rings. The van der Waals surface area contributed by atoms with Crippen molar-refractivity contribution in [2.24, 2.45) is 0 Å². The Hall–Kier alpha value is -0.610. The summed E-state index contributed by atoms with van der Waals surface area (Å²) in [5, 5.41) is 0. The van der Waals surface area contributed by atoms with Crippen LogP contribution in [0.4, 0.5) is 0 Å². The van der Waals surface area contributed by atoms with Crippen molar-refractivity contribution in [1.82, 2.24) is 0 Å². The van der Waals surface area contributed by atoms with Gasteiger partial charge in [0.25, 0.3) is 0 Å². The van der Waals surface area contributed by atoms with Crippen molar-refractivity contribution in [2.45, 2.75) is 64.4 Å². The van der Waals surface area contributed by atoms with Gasteiger partial charge in [0.2, 0.25) is 0 Å². The molecule has 0 amide bonds. The third-order valence-electron chi connectivity index (χ3n) is 3.17. The van der Waals surface area contributed by atoms with E-state index in [2.05, 4.69) is 0 Å². The molecule has 0 aromatic rings. The van der Waals surface area contributed by atoms with E-state index in [0.29, 0.717) is 19.5 Å². The van der Waals surface area contributed by atoms with Crippen LogP contribution in [-0.2, 0) is 19.0 Å². The Kier molecular flexibility index (Phi) is 8.86. The minimum atomic E-state index is -0.173. The molecule has 1 atom stereocenters. The van der Waals surface area contributed by atoms with Crippen LogP contribution in [0.25, 0.3) is 0 Å². The Morgan fingerprint density at radius 2 is 1.78 bits per heavy atom. The molecule has 0 radical (unpaired) electrons. The topological polar surface area (TPSA) is 44.8 Å². The molecule has 0 spiro atoms. The zero-order valence-electron chi connectivity index (χ0n) is 11.5. The average molecular weight is 258 g/mol. The maximum absolute atomic E-state index is 10.5. The Balaban J connectivity index is 1.72. The van der Waals surface area contributed by atoms with Crippen LogP contribution in [0.5, 0.6) is 0 Å². The largest absolute Gasteiger partial charge is 0.466 e. The van der Waals surface area contributed by atoms with Crippen LogP contribution in [0.15, 0.2) is 0 Å². The second-order valence-corrected chi connectivity index (χ2v) is 4.88. The molecule has 0 aromatic carbocycles. The molecule has 1 rings (SSSR count). The highest BCUT2D eigenvalue weighted by Gasteiger charge is 2.14. The number of rotatable bonds is 10. The van der Waals surface area contributed by atoms with Gasteiger partial charge >= 0.3 is 5.97 Å². The molecule has 1 saturated heterocycles. The molecule has 4 nitrogen and oxygen atoms in total. The summed E-state index contributed by atoms with van der Waals surface area (Å²) in [5.41, 5.74) is 0. The quantitative estimate of drug-likeness (QED) is 0.446. The van der Waals surface area contributed by atoms with Crippen molar-refractivity contribution in [2.75, 3.05) is 20.0 Å². The average Bonchev–Trinajstić information content (AvgIpc) is 2.84. The van der Waals surface area contributed by atoms with Gasteiger partial charge in [-0.1, -0.05) is 38.5 Å². The van der Waals surface area contributed by atoms with E-state index in [4.69, 9.17) is 14.2 Å². The van der Waals surface area contributed by atoms with Crippen LogP contribution < -0.4 is 0 Å². The van der Waals surface area contributed by atoms with E-state index in [0.717, 1.165) is 25.9 Å². The van der Waals surface area contributed by atoms with E-state index in [-0.39, 0.29) is 5.97 Å². The molecule has 4 heteroatoms. The number of unbranched alkanes of at least 4 members (excludes halogenated alkanes) is 6. The maximum atomic E-state index is 10.5. The zero-order chi connectivity index (χ0) is 13.1. The third-order valence-corrected chi connectivity index (χ3v) is 3.17. The van der Waals surface area contributed by atoms with E-state index in [1.54, 1.807) is 0 Å². The van der Waals surface area contributed by atoms with Gasteiger partial charge in [0.15, 0.2) is 0 Å². The molecule has 18 heavy (non-hydrogen) atoms.